The highest BCUT2D eigenvalue weighted by Crippen LogP contribution is 2.35. The van der Waals surface area contributed by atoms with Crippen molar-refractivity contribution in [3.63, 3.8) is 0 Å². The molecule has 1 aliphatic rings. The van der Waals surface area contributed by atoms with Gasteiger partial charge in [0.25, 0.3) is 5.56 Å². The third-order valence-electron chi connectivity index (χ3n) is 6.12. The molecule has 10 heteroatoms. The van der Waals surface area contributed by atoms with Crippen LogP contribution in [0, 0.1) is 6.92 Å². The second-order valence-corrected chi connectivity index (χ2v) is 10.1. The molecule has 0 bridgehead atoms. The second-order valence-electron chi connectivity index (χ2n) is 9.12. The molecule has 0 saturated carbocycles. The molecule has 0 radical (unpaired) electrons. The topological polar surface area (TPSA) is 105 Å². The summed E-state index contributed by atoms with van der Waals surface area (Å²) in [5, 5.41) is 3.64. The Balaban J connectivity index is 1.49. The van der Waals surface area contributed by atoms with Crippen molar-refractivity contribution in [1.29, 1.82) is 0 Å². The first-order chi connectivity index (χ1) is 16.7. The van der Waals surface area contributed by atoms with E-state index in [2.05, 4.69) is 10.3 Å². The number of ether oxygens (including phenoxy) is 3. The minimum absolute atomic E-state index is 0.178. The van der Waals surface area contributed by atoms with Gasteiger partial charge >= 0.3 is 0 Å². The maximum absolute atomic E-state index is 13.4. The molecule has 1 amide bonds. The summed E-state index contributed by atoms with van der Waals surface area (Å²) in [5.41, 5.74) is 2.58. The summed E-state index contributed by atoms with van der Waals surface area (Å²) in [6, 6.07) is 7.12. The number of amides is 1. The number of hydrogen-bond acceptors (Lipinski definition) is 8. The molecule has 182 valence electrons. The first kappa shape index (κ1) is 23.3. The van der Waals surface area contributed by atoms with Gasteiger partial charge in [-0.15, -0.1) is 11.3 Å². The highest BCUT2D eigenvalue weighted by Gasteiger charge is 2.28. The maximum atomic E-state index is 13.4. The first-order valence-corrected chi connectivity index (χ1v) is 12.0. The highest BCUT2D eigenvalue weighted by molar-refractivity contribution is 7.25. The van der Waals surface area contributed by atoms with E-state index in [0.29, 0.717) is 46.3 Å². The highest BCUT2D eigenvalue weighted by atomic mass is 32.1. The number of aryl methyl sites for hydroxylation is 1. The Morgan fingerprint density at radius 2 is 2.03 bits per heavy atom. The van der Waals surface area contributed by atoms with Gasteiger partial charge in [0.1, 0.15) is 33.4 Å². The van der Waals surface area contributed by atoms with E-state index in [0.717, 1.165) is 21.5 Å². The van der Waals surface area contributed by atoms with Gasteiger partial charge in [-0.2, -0.15) is 0 Å². The Morgan fingerprint density at radius 1 is 1.23 bits per heavy atom. The molecule has 0 atom stereocenters. The summed E-state index contributed by atoms with van der Waals surface area (Å²) in [6.45, 7) is 6.12. The Morgan fingerprint density at radius 3 is 2.77 bits per heavy atom. The standard InChI is InChI=1S/C25H26N4O5S/c1-13-26-21-16-8-14-12-34-25(2,3)10-18(14)28-23(16)35-22(21)24(31)29(13)11-20(30)27-17-7-6-15(32-4)9-19(17)33-5/h6-9H,10-12H2,1-5H3,(H,27,30). The Hall–Kier alpha value is -3.50. The van der Waals surface area contributed by atoms with Gasteiger partial charge in [0, 0.05) is 23.4 Å². The molecule has 0 aliphatic carbocycles. The van der Waals surface area contributed by atoms with Crippen molar-refractivity contribution < 1.29 is 19.0 Å². The van der Waals surface area contributed by atoms with Gasteiger partial charge in [-0.3, -0.25) is 14.2 Å². The van der Waals surface area contributed by atoms with Crippen LogP contribution in [-0.4, -0.2) is 40.3 Å². The van der Waals surface area contributed by atoms with Crippen molar-refractivity contribution in [2.45, 2.75) is 45.9 Å². The predicted molar refractivity (Wildman–Crippen MR) is 135 cm³/mol. The third-order valence-corrected chi connectivity index (χ3v) is 7.20. The SMILES string of the molecule is COc1ccc(NC(=O)Cn2c(C)nc3c(sc4nc5c(cc43)COC(C)(C)C5)c2=O)c(OC)c1. The fourth-order valence-electron chi connectivity index (χ4n) is 4.26. The molecular formula is C25H26N4O5S. The number of pyridine rings is 1. The van der Waals surface area contributed by atoms with E-state index in [1.807, 2.05) is 19.9 Å². The summed E-state index contributed by atoms with van der Waals surface area (Å²) in [5.74, 6) is 1.15. The average molecular weight is 495 g/mol. The van der Waals surface area contributed by atoms with E-state index in [1.165, 1.54) is 23.0 Å². The molecule has 1 N–H and O–H groups in total. The van der Waals surface area contributed by atoms with Gasteiger partial charge in [-0.05, 0) is 39.0 Å². The number of rotatable bonds is 5. The van der Waals surface area contributed by atoms with E-state index in [-0.39, 0.29) is 23.6 Å². The van der Waals surface area contributed by atoms with Gasteiger partial charge in [0.15, 0.2) is 0 Å². The number of nitrogens with one attached hydrogen (secondary N) is 1. The zero-order valence-corrected chi connectivity index (χ0v) is 21.0. The van der Waals surface area contributed by atoms with Crippen LogP contribution in [0.2, 0.25) is 0 Å². The molecule has 4 aromatic rings. The summed E-state index contributed by atoms with van der Waals surface area (Å²) < 4.78 is 18.3. The Kier molecular flexibility index (Phi) is 5.72. The molecular weight excluding hydrogens is 468 g/mol. The predicted octanol–water partition coefficient (Wildman–Crippen LogP) is 3.82. The second kappa shape index (κ2) is 8.62. The van der Waals surface area contributed by atoms with Crippen molar-refractivity contribution in [2.24, 2.45) is 0 Å². The van der Waals surface area contributed by atoms with Crippen LogP contribution < -0.4 is 20.3 Å². The van der Waals surface area contributed by atoms with Crippen LogP contribution >= 0.6 is 11.3 Å². The lowest BCUT2D eigenvalue weighted by Gasteiger charge is -2.30. The molecule has 35 heavy (non-hydrogen) atoms. The molecule has 1 aliphatic heterocycles. The number of hydrogen-bond donors (Lipinski definition) is 1. The first-order valence-electron chi connectivity index (χ1n) is 11.2. The number of nitrogens with zero attached hydrogens (tertiary/aromatic N) is 3. The van der Waals surface area contributed by atoms with E-state index in [4.69, 9.17) is 19.2 Å². The van der Waals surface area contributed by atoms with Crippen molar-refractivity contribution in [3.05, 3.63) is 51.7 Å². The maximum Gasteiger partial charge on any atom is 0.272 e. The van der Waals surface area contributed by atoms with Crippen molar-refractivity contribution in [2.75, 3.05) is 19.5 Å². The minimum atomic E-state index is -0.367. The summed E-state index contributed by atoms with van der Waals surface area (Å²) in [6.07, 6.45) is 0.707. The summed E-state index contributed by atoms with van der Waals surface area (Å²) in [4.78, 5) is 36.5. The van der Waals surface area contributed by atoms with E-state index < -0.39 is 0 Å². The lowest BCUT2D eigenvalue weighted by molar-refractivity contribution is -0.116. The number of aromatic nitrogens is 3. The van der Waals surface area contributed by atoms with Crippen LogP contribution in [0.3, 0.4) is 0 Å². The number of fused-ring (bicyclic) bond motifs is 4. The molecule has 0 saturated heterocycles. The van der Waals surface area contributed by atoms with Gasteiger partial charge in [-0.1, -0.05) is 0 Å². The number of methoxy groups -OCH3 is 2. The van der Waals surface area contributed by atoms with Gasteiger partial charge in [0.05, 0.1) is 43.3 Å². The number of thiophene rings is 1. The van der Waals surface area contributed by atoms with E-state index in [1.54, 1.807) is 32.2 Å². The monoisotopic (exact) mass is 494 g/mol. The fourth-order valence-corrected chi connectivity index (χ4v) is 5.33. The quantitative estimate of drug-likeness (QED) is 0.450. The van der Waals surface area contributed by atoms with Gasteiger partial charge < -0.3 is 19.5 Å². The number of benzene rings is 1. The largest absolute Gasteiger partial charge is 0.497 e. The molecule has 3 aromatic heterocycles. The number of carbonyl (C=O) groups excluding carboxylic acids is 1. The zero-order chi connectivity index (χ0) is 24.9. The van der Waals surface area contributed by atoms with Crippen LogP contribution in [0.4, 0.5) is 5.69 Å². The number of carbonyl (C=O) groups is 1. The Bertz CT molecular complexity index is 1540. The minimum Gasteiger partial charge on any atom is -0.497 e. The molecule has 4 heterocycles. The number of anilines is 1. The van der Waals surface area contributed by atoms with Crippen LogP contribution in [0.15, 0.2) is 29.1 Å². The molecule has 0 spiro atoms. The summed E-state index contributed by atoms with van der Waals surface area (Å²) in [7, 11) is 3.07. The molecule has 0 fully saturated rings. The molecule has 5 rings (SSSR count). The lowest BCUT2D eigenvalue weighted by Crippen LogP contribution is -2.32. The van der Waals surface area contributed by atoms with E-state index in [9.17, 15) is 9.59 Å². The van der Waals surface area contributed by atoms with Crippen LogP contribution in [0.5, 0.6) is 11.5 Å². The molecule has 1 aromatic carbocycles. The normalized spacial score (nSPS) is 14.7. The smallest absolute Gasteiger partial charge is 0.272 e. The van der Waals surface area contributed by atoms with Gasteiger partial charge in [-0.25, -0.2) is 9.97 Å². The average Bonchev–Trinajstić information content (AvgIpc) is 3.17. The van der Waals surface area contributed by atoms with E-state index >= 15 is 0 Å². The van der Waals surface area contributed by atoms with Crippen molar-refractivity contribution in [3.8, 4) is 11.5 Å². The molecule has 9 nitrogen and oxygen atoms in total. The Labute approximate surface area is 205 Å². The third kappa shape index (κ3) is 4.23. The fraction of sp³-hybridized carbons (Fsp3) is 0.360. The van der Waals surface area contributed by atoms with Crippen LogP contribution in [0.25, 0.3) is 20.4 Å². The van der Waals surface area contributed by atoms with Crippen molar-refractivity contribution in [1.82, 2.24) is 14.5 Å². The summed E-state index contributed by atoms with van der Waals surface area (Å²) >= 11 is 1.31. The van der Waals surface area contributed by atoms with Crippen molar-refractivity contribution >= 4 is 43.4 Å². The molecule has 0 unspecified atom stereocenters. The van der Waals surface area contributed by atoms with Crippen LogP contribution in [0.1, 0.15) is 30.9 Å². The van der Waals surface area contributed by atoms with Gasteiger partial charge in [0.2, 0.25) is 5.91 Å². The lowest BCUT2D eigenvalue weighted by atomic mass is 9.95. The zero-order valence-electron chi connectivity index (χ0n) is 20.2. The van der Waals surface area contributed by atoms with Crippen LogP contribution in [-0.2, 0) is 29.1 Å².